The molecule has 1 aliphatic rings. The number of ketones is 1. The zero-order valence-corrected chi connectivity index (χ0v) is 14.9. The molecule has 6 nitrogen and oxygen atoms in total. The average Bonchev–Trinajstić information content (AvgIpc) is 3.26. The van der Waals surface area contributed by atoms with Crippen LogP contribution in [0.4, 0.5) is 0 Å². The van der Waals surface area contributed by atoms with Crippen LogP contribution in [0.3, 0.4) is 0 Å². The monoisotopic (exact) mass is 341 g/mol. The highest BCUT2D eigenvalue weighted by molar-refractivity contribution is 6.38. The maximum absolute atomic E-state index is 13.0. The van der Waals surface area contributed by atoms with Crippen LogP contribution in [0.15, 0.2) is 30.6 Å². The van der Waals surface area contributed by atoms with Crippen LogP contribution in [-0.2, 0) is 9.59 Å². The summed E-state index contributed by atoms with van der Waals surface area (Å²) in [5.74, 6) is -1.18. The molecule has 25 heavy (non-hydrogen) atoms. The number of Topliss-reactive ketones (excluding diaryl/α,β-unsaturated/α-hetero) is 1. The first-order valence-corrected chi connectivity index (χ1v) is 8.68. The second-order valence-electron chi connectivity index (χ2n) is 7.16. The summed E-state index contributed by atoms with van der Waals surface area (Å²) >= 11 is 0. The molecule has 2 heterocycles. The lowest BCUT2D eigenvalue weighted by molar-refractivity contribution is -0.149. The molecule has 0 radical (unpaired) electrons. The molecule has 1 amide bonds. The van der Waals surface area contributed by atoms with E-state index in [2.05, 4.69) is 4.98 Å². The van der Waals surface area contributed by atoms with Gasteiger partial charge in [0.1, 0.15) is 12.4 Å². The van der Waals surface area contributed by atoms with Crippen LogP contribution in [0.2, 0.25) is 0 Å². The highest BCUT2D eigenvalue weighted by Crippen LogP contribution is 2.26. The van der Waals surface area contributed by atoms with Gasteiger partial charge in [0.25, 0.3) is 11.8 Å². The largest absolute Gasteiger partial charge is 0.324 e. The molecule has 0 N–H and O–H groups in total. The van der Waals surface area contributed by atoms with Crippen LogP contribution in [-0.4, -0.2) is 44.6 Å². The number of imidazole rings is 1. The van der Waals surface area contributed by atoms with Gasteiger partial charge in [-0.1, -0.05) is 32.9 Å². The summed E-state index contributed by atoms with van der Waals surface area (Å²) < 4.78 is 1.49. The lowest BCUT2D eigenvalue weighted by atomic mass is 9.84. The molecule has 3 rings (SSSR count). The number of carbonyl (C=O) groups excluding carboxylic acids is 3. The van der Waals surface area contributed by atoms with Gasteiger partial charge in [0, 0.05) is 12.0 Å². The number of aromatic nitrogens is 2. The number of nitrogens with zero attached hydrogens (tertiary/aromatic N) is 3. The van der Waals surface area contributed by atoms with E-state index < -0.39 is 23.1 Å². The van der Waals surface area contributed by atoms with Crippen molar-refractivity contribution in [2.45, 2.75) is 46.1 Å². The quantitative estimate of drug-likeness (QED) is 0.802. The van der Waals surface area contributed by atoms with Crippen LogP contribution in [0.25, 0.3) is 11.0 Å². The highest BCUT2D eigenvalue weighted by atomic mass is 16.2. The van der Waals surface area contributed by atoms with Gasteiger partial charge in [0.15, 0.2) is 0 Å². The topological polar surface area (TPSA) is 72.3 Å². The molecule has 1 unspecified atom stereocenters. The summed E-state index contributed by atoms with van der Waals surface area (Å²) in [4.78, 5) is 43.9. The Labute approximate surface area is 146 Å². The number of hydrogen-bond acceptors (Lipinski definition) is 4. The smallest absolute Gasteiger partial charge is 0.291 e. The molecule has 6 heteroatoms. The Hall–Kier alpha value is -2.50. The minimum atomic E-state index is -0.713. The maximum atomic E-state index is 13.0. The number of likely N-dealkylation sites (tertiary alicyclic amines) is 1. The number of carbonyl (C=O) groups is 3. The van der Waals surface area contributed by atoms with E-state index in [4.69, 9.17) is 0 Å². The van der Waals surface area contributed by atoms with E-state index in [0.29, 0.717) is 31.3 Å². The van der Waals surface area contributed by atoms with E-state index >= 15 is 0 Å². The third-order valence-corrected chi connectivity index (χ3v) is 5.18. The Morgan fingerprint density at radius 3 is 2.68 bits per heavy atom. The number of benzene rings is 1. The number of amides is 1. The maximum Gasteiger partial charge on any atom is 0.291 e. The van der Waals surface area contributed by atoms with E-state index in [9.17, 15) is 14.4 Å². The van der Waals surface area contributed by atoms with Gasteiger partial charge in [0.05, 0.1) is 11.0 Å². The van der Waals surface area contributed by atoms with Crippen molar-refractivity contribution in [3.05, 3.63) is 30.6 Å². The van der Waals surface area contributed by atoms with E-state index in [-0.39, 0.29) is 5.91 Å². The van der Waals surface area contributed by atoms with Crippen molar-refractivity contribution in [2.24, 2.45) is 5.41 Å². The SMILES string of the molecule is CCC(C)(C)C(=O)C(=O)N1CCCC1C(=O)n1cnc2ccccc21. The first-order valence-electron chi connectivity index (χ1n) is 8.68. The lowest BCUT2D eigenvalue weighted by Gasteiger charge is -2.27. The van der Waals surface area contributed by atoms with Gasteiger partial charge < -0.3 is 4.90 Å². The van der Waals surface area contributed by atoms with Gasteiger partial charge in [0.2, 0.25) is 5.78 Å². The number of hydrogen-bond donors (Lipinski definition) is 0. The third kappa shape index (κ3) is 2.97. The van der Waals surface area contributed by atoms with Gasteiger partial charge >= 0.3 is 0 Å². The Morgan fingerprint density at radius 1 is 1.24 bits per heavy atom. The summed E-state index contributed by atoms with van der Waals surface area (Å²) in [6.07, 6.45) is 3.35. The molecule has 1 fully saturated rings. The molecule has 2 aromatic rings. The Kier molecular flexibility index (Phi) is 4.45. The average molecular weight is 341 g/mol. The standard InChI is InChI=1S/C19H23N3O3/c1-4-19(2,3)16(23)18(25)21-11-7-10-15(21)17(24)22-12-20-13-8-5-6-9-14(13)22/h5-6,8-9,12,15H,4,7,10-11H2,1-3H3. The Balaban J connectivity index is 1.88. The van der Waals surface area contributed by atoms with Crippen molar-refractivity contribution in [3.8, 4) is 0 Å². The summed E-state index contributed by atoms with van der Waals surface area (Å²) in [7, 11) is 0. The normalized spacial score (nSPS) is 17.9. The molecular formula is C19H23N3O3. The highest BCUT2D eigenvalue weighted by Gasteiger charge is 2.41. The summed E-state index contributed by atoms with van der Waals surface area (Å²) in [6.45, 7) is 5.86. The minimum Gasteiger partial charge on any atom is -0.324 e. The van der Waals surface area contributed by atoms with E-state index in [1.807, 2.05) is 31.2 Å². The fraction of sp³-hybridized carbons (Fsp3) is 0.474. The van der Waals surface area contributed by atoms with Crippen LogP contribution < -0.4 is 0 Å². The van der Waals surface area contributed by atoms with Crippen molar-refractivity contribution in [2.75, 3.05) is 6.54 Å². The molecule has 1 aromatic carbocycles. The molecule has 0 spiro atoms. The predicted octanol–water partition coefficient (Wildman–Crippen LogP) is 2.67. The summed E-state index contributed by atoms with van der Waals surface area (Å²) in [6, 6.07) is 6.76. The van der Waals surface area contributed by atoms with Crippen LogP contribution in [0.5, 0.6) is 0 Å². The second kappa shape index (κ2) is 6.43. The van der Waals surface area contributed by atoms with Crippen LogP contribution in [0, 0.1) is 5.41 Å². The second-order valence-corrected chi connectivity index (χ2v) is 7.16. The molecular weight excluding hydrogens is 318 g/mol. The van der Waals surface area contributed by atoms with Gasteiger partial charge in [-0.05, 0) is 31.4 Å². The van der Waals surface area contributed by atoms with Crippen LogP contribution in [0.1, 0.15) is 44.8 Å². The van der Waals surface area contributed by atoms with Gasteiger partial charge in [-0.3, -0.25) is 19.0 Å². The Bertz CT molecular complexity index is 837. The van der Waals surface area contributed by atoms with Crippen molar-refractivity contribution < 1.29 is 14.4 Å². The predicted molar refractivity (Wildman–Crippen MR) is 94.2 cm³/mol. The Morgan fingerprint density at radius 2 is 1.96 bits per heavy atom. The van der Waals surface area contributed by atoms with Crippen molar-refractivity contribution >= 4 is 28.6 Å². The molecule has 1 atom stereocenters. The molecule has 1 aromatic heterocycles. The molecule has 1 saturated heterocycles. The molecule has 0 saturated carbocycles. The zero-order chi connectivity index (χ0) is 18.2. The lowest BCUT2D eigenvalue weighted by Crippen LogP contribution is -2.48. The minimum absolute atomic E-state index is 0.207. The zero-order valence-electron chi connectivity index (χ0n) is 14.9. The van der Waals surface area contributed by atoms with E-state index in [1.54, 1.807) is 13.8 Å². The first-order chi connectivity index (χ1) is 11.9. The number of fused-ring (bicyclic) bond motifs is 1. The summed E-state index contributed by atoms with van der Waals surface area (Å²) in [5.41, 5.74) is 0.733. The third-order valence-electron chi connectivity index (χ3n) is 5.18. The summed E-state index contributed by atoms with van der Waals surface area (Å²) in [5, 5.41) is 0. The van der Waals surface area contributed by atoms with Gasteiger partial charge in [-0.25, -0.2) is 4.98 Å². The first kappa shape index (κ1) is 17.3. The van der Waals surface area contributed by atoms with Crippen molar-refractivity contribution in [1.29, 1.82) is 0 Å². The molecule has 0 bridgehead atoms. The molecule has 0 aliphatic carbocycles. The fourth-order valence-corrected chi connectivity index (χ4v) is 3.14. The number of para-hydroxylation sites is 2. The molecule has 132 valence electrons. The molecule has 1 aliphatic heterocycles. The van der Waals surface area contributed by atoms with Crippen molar-refractivity contribution in [1.82, 2.24) is 14.5 Å². The van der Waals surface area contributed by atoms with E-state index in [0.717, 1.165) is 5.52 Å². The van der Waals surface area contributed by atoms with Crippen molar-refractivity contribution in [3.63, 3.8) is 0 Å². The van der Waals surface area contributed by atoms with Gasteiger partial charge in [-0.2, -0.15) is 0 Å². The number of rotatable bonds is 4. The van der Waals surface area contributed by atoms with Crippen LogP contribution >= 0.6 is 0 Å². The van der Waals surface area contributed by atoms with Gasteiger partial charge in [-0.15, -0.1) is 0 Å². The fourth-order valence-electron chi connectivity index (χ4n) is 3.14. The van der Waals surface area contributed by atoms with E-state index in [1.165, 1.54) is 15.8 Å².